The number of nitrogens with zero attached hydrogens (tertiary/aromatic N) is 1. The molecule has 0 radical (unpaired) electrons. The van der Waals surface area contributed by atoms with Gasteiger partial charge in [0, 0.05) is 16.8 Å². The van der Waals surface area contributed by atoms with Crippen LogP contribution in [0.3, 0.4) is 0 Å². The normalized spacial score (nSPS) is 10.7. The molecule has 0 saturated carbocycles. The predicted molar refractivity (Wildman–Crippen MR) is 94.4 cm³/mol. The molecule has 3 N–H and O–H groups in total. The Morgan fingerprint density at radius 2 is 1.87 bits per heavy atom. The first-order valence-corrected chi connectivity index (χ1v) is 7.53. The van der Waals surface area contributed by atoms with Crippen LogP contribution in [0.25, 0.3) is 10.9 Å². The van der Waals surface area contributed by atoms with E-state index in [1.54, 1.807) is 0 Å². The van der Waals surface area contributed by atoms with Gasteiger partial charge in [-0.3, -0.25) is 9.78 Å². The summed E-state index contributed by atoms with van der Waals surface area (Å²) in [4.78, 5) is 16.7. The van der Waals surface area contributed by atoms with Gasteiger partial charge in [-0.25, -0.2) is 0 Å². The number of carbonyl (C=O) groups excluding carboxylic acids is 1. The first kappa shape index (κ1) is 15.0. The van der Waals surface area contributed by atoms with Gasteiger partial charge in [0.05, 0.1) is 17.6 Å². The number of pyridine rings is 1. The highest BCUT2D eigenvalue weighted by atomic mass is 16.1. The van der Waals surface area contributed by atoms with Crippen LogP contribution in [0, 0.1) is 13.8 Å². The lowest BCUT2D eigenvalue weighted by atomic mass is 10.1. The number of anilines is 2. The molecule has 3 rings (SSSR count). The van der Waals surface area contributed by atoms with Gasteiger partial charge >= 0.3 is 0 Å². The van der Waals surface area contributed by atoms with E-state index in [9.17, 15) is 4.79 Å². The molecule has 4 heteroatoms. The number of benzene rings is 2. The minimum Gasteiger partial charge on any atom is -0.399 e. The summed E-state index contributed by atoms with van der Waals surface area (Å²) in [5, 5.41) is 3.89. The summed E-state index contributed by atoms with van der Waals surface area (Å²) < 4.78 is 0. The summed E-state index contributed by atoms with van der Waals surface area (Å²) in [6.07, 6.45) is 0.243. The second-order valence-electron chi connectivity index (χ2n) is 5.78. The Hall–Kier alpha value is -2.88. The Morgan fingerprint density at radius 3 is 2.65 bits per heavy atom. The Bertz CT molecular complexity index is 887. The zero-order valence-corrected chi connectivity index (χ0v) is 13.3. The Kier molecular flexibility index (Phi) is 3.98. The number of aryl methyl sites for hydroxylation is 2. The number of nitrogens with one attached hydrogen (secondary N) is 1. The fourth-order valence-electron chi connectivity index (χ4n) is 2.47. The monoisotopic (exact) mass is 305 g/mol. The number of aromatic nitrogens is 1. The molecule has 1 aromatic heterocycles. The van der Waals surface area contributed by atoms with Gasteiger partial charge in [-0.2, -0.15) is 0 Å². The molecular formula is C19H19N3O. The number of amides is 1. The van der Waals surface area contributed by atoms with Crippen LogP contribution in [0.15, 0.2) is 48.5 Å². The molecule has 0 aliphatic heterocycles. The van der Waals surface area contributed by atoms with Crippen LogP contribution in [0.2, 0.25) is 0 Å². The molecule has 0 unspecified atom stereocenters. The minimum atomic E-state index is -0.0736. The van der Waals surface area contributed by atoms with Crippen molar-refractivity contribution in [1.29, 1.82) is 0 Å². The molecule has 116 valence electrons. The molecule has 2 aromatic carbocycles. The van der Waals surface area contributed by atoms with Crippen molar-refractivity contribution in [1.82, 2.24) is 4.98 Å². The number of fused-ring (bicyclic) bond motifs is 1. The highest BCUT2D eigenvalue weighted by Crippen LogP contribution is 2.17. The number of hydrogen-bond donors (Lipinski definition) is 2. The van der Waals surface area contributed by atoms with Crippen LogP contribution in [0.1, 0.15) is 16.8 Å². The fourth-order valence-corrected chi connectivity index (χ4v) is 2.47. The lowest BCUT2D eigenvalue weighted by molar-refractivity contribution is -0.115. The molecule has 0 bridgehead atoms. The lowest BCUT2D eigenvalue weighted by Crippen LogP contribution is -2.15. The fraction of sp³-hybridized carbons (Fsp3) is 0.158. The van der Waals surface area contributed by atoms with E-state index >= 15 is 0 Å². The zero-order chi connectivity index (χ0) is 16.4. The van der Waals surface area contributed by atoms with Gasteiger partial charge in [0.15, 0.2) is 0 Å². The maximum Gasteiger partial charge on any atom is 0.230 e. The first-order valence-electron chi connectivity index (χ1n) is 7.53. The van der Waals surface area contributed by atoms with Crippen molar-refractivity contribution in [3.63, 3.8) is 0 Å². The van der Waals surface area contributed by atoms with Crippen LogP contribution in [-0.2, 0) is 11.2 Å². The van der Waals surface area contributed by atoms with E-state index in [1.807, 2.05) is 62.4 Å². The smallest absolute Gasteiger partial charge is 0.230 e. The van der Waals surface area contributed by atoms with Gasteiger partial charge in [0.1, 0.15) is 0 Å². The summed E-state index contributed by atoms with van der Waals surface area (Å²) in [7, 11) is 0. The number of rotatable bonds is 3. The van der Waals surface area contributed by atoms with Crippen molar-refractivity contribution in [2.75, 3.05) is 11.1 Å². The molecule has 0 fully saturated rings. The average molecular weight is 305 g/mol. The van der Waals surface area contributed by atoms with E-state index in [0.29, 0.717) is 5.69 Å². The third-order valence-corrected chi connectivity index (χ3v) is 3.90. The summed E-state index contributed by atoms with van der Waals surface area (Å²) >= 11 is 0. The van der Waals surface area contributed by atoms with Crippen LogP contribution in [-0.4, -0.2) is 10.9 Å². The molecule has 1 heterocycles. The molecule has 4 nitrogen and oxygen atoms in total. The van der Waals surface area contributed by atoms with Crippen LogP contribution in [0.4, 0.5) is 11.4 Å². The second-order valence-corrected chi connectivity index (χ2v) is 5.78. The van der Waals surface area contributed by atoms with Crippen molar-refractivity contribution < 1.29 is 4.79 Å². The zero-order valence-electron chi connectivity index (χ0n) is 13.3. The summed E-state index contributed by atoms with van der Waals surface area (Å²) in [5.74, 6) is -0.0736. The van der Waals surface area contributed by atoms with E-state index < -0.39 is 0 Å². The van der Waals surface area contributed by atoms with Crippen molar-refractivity contribution >= 4 is 28.2 Å². The van der Waals surface area contributed by atoms with Crippen molar-refractivity contribution in [3.05, 3.63) is 65.4 Å². The maximum absolute atomic E-state index is 12.2. The molecule has 0 saturated heterocycles. The highest BCUT2D eigenvalue weighted by molar-refractivity contribution is 5.92. The molecule has 0 aliphatic rings. The van der Waals surface area contributed by atoms with Crippen molar-refractivity contribution in [2.45, 2.75) is 20.3 Å². The maximum atomic E-state index is 12.2. The van der Waals surface area contributed by atoms with Gasteiger partial charge in [-0.15, -0.1) is 0 Å². The largest absolute Gasteiger partial charge is 0.399 e. The Balaban J connectivity index is 1.74. The molecule has 23 heavy (non-hydrogen) atoms. The van der Waals surface area contributed by atoms with E-state index in [4.69, 9.17) is 5.73 Å². The van der Waals surface area contributed by atoms with Gasteiger partial charge in [-0.05, 0) is 61.4 Å². The first-order chi connectivity index (χ1) is 11.0. The third kappa shape index (κ3) is 3.48. The predicted octanol–water partition coefficient (Wildman–Crippen LogP) is 3.62. The average Bonchev–Trinajstić information content (AvgIpc) is 2.51. The molecule has 0 atom stereocenters. The van der Waals surface area contributed by atoms with E-state index in [1.165, 1.54) is 5.56 Å². The molecule has 1 amide bonds. The summed E-state index contributed by atoms with van der Waals surface area (Å²) in [6, 6.07) is 15.3. The number of nitrogen functional groups attached to an aromatic ring is 1. The van der Waals surface area contributed by atoms with Crippen LogP contribution in [0.5, 0.6) is 0 Å². The Labute approximate surface area is 135 Å². The third-order valence-electron chi connectivity index (χ3n) is 3.90. The van der Waals surface area contributed by atoms with Crippen molar-refractivity contribution in [3.8, 4) is 0 Å². The molecule has 3 aromatic rings. The van der Waals surface area contributed by atoms with Crippen LogP contribution < -0.4 is 11.1 Å². The van der Waals surface area contributed by atoms with E-state index in [0.717, 1.165) is 27.8 Å². The van der Waals surface area contributed by atoms with Gasteiger partial charge in [0.25, 0.3) is 0 Å². The second kappa shape index (κ2) is 6.08. The molecule has 0 aliphatic carbocycles. The van der Waals surface area contributed by atoms with Gasteiger partial charge in [0.2, 0.25) is 5.91 Å². The number of carbonyl (C=O) groups is 1. The number of nitrogens with two attached hydrogens (primary N) is 1. The van der Waals surface area contributed by atoms with E-state index in [-0.39, 0.29) is 12.3 Å². The van der Waals surface area contributed by atoms with Crippen LogP contribution >= 0.6 is 0 Å². The standard InChI is InChI=1S/C19H19N3O/c1-12-3-6-16(9-13(12)2)22-19(23)11-17-7-4-14-10-15(20)5-8-18(14)21-17/h3-10H,11,20H2,1-2H3,(H,22,23). The highest BCUT2D eigenvalue weighted by Gasteiger charge is 2.07. The molecule has 0 spiro atoms. The van der Waals surface area contributed by atoms with Gasteiger partial charge < -0.3 is 11.1 Å². The van der Waals surface area contributed by atoms with Crippen molar-refractivity contribution in [2.24, 2.45) is 0 Å². The SMILES string of the molecule is Cc1ccc(NC(=O)Cc2ccc3cc(N)ccc3n2)cc1C. The Morgan fingerprint density at radius 1 is 1.04 bits per heavy atom. The van der Waals surface area contributed by atoms with Gasteiger partial charge in [-0.1, -0.05) is 12.1 Å². The topological polar surface area (TPSA) is 68.0 Å². The van der Waals surface area contributed by atoms with E-state index in [2.05, 4.69) is 10.3 Å². The summed E-state index contributed by atoms with van der Waals surface area (Å²) in [6.45, 7) is 4.08. The number of hydrogen-bond acceptors (Lipinski definition) is 3. The molecular weight excluding hydrogens is 286 g/mol. The quantitative estimate of drug-likeness (QED) is 0.726. The lowest BCUT2D eigenvalue weighted by Gasteiger charge is -2.08. The minimum absolute atomic E-state index is 0.0736. The summed E-state index contributed by atoms with van der Waals surface area (Å²) in [5.41, 5.74) is 11.2.